The topological polar surface area (TPSA) is 60.0 Å². The van der Waals surface area contributed by atoms with Gasteiger partial charge in [-0.1, -0.05) is 24.3 Å². The second-order valence-corrected chi connectivity index (χ2v) is 7.65. The molecule has 1 amide bonds. The van der Waals surface area contributed by atoms with E-state index < -0.39 is 0 Å². The summed E-state index contributed by atoms with van der Waals surface area (Å²) in [5, 5.41) is 6.28. The molecule has 1 fully saturated rings. The van der Waals surface area contributed by atoms with E-state index in [-0.39, 0.29) is 29.9 Å². The summed E-state index contributed by atoms with van der Waals surface area (Å²) in [5.74, 6) is 0.887. The fraction of sp³-hybridized carbons (Fsp3) is 0.417. The van der Waals surface area contributed by atoms with Crippen LogP contribution >= 0.6 is 24.0 Å². The molecule has 6 nitrogen and oxygen atoms in total. The third-order valence-corrected chi connectivity index (χ3v) is 5.71. The van der Waals surface area contributed by atoms with Crippen molar-refractivity contribution in [1.29, 1.82) is 0 Å². The molecule has 168 valence electrons. The summed E-state index contributed by atoms with van der Waals surface area (Å²) >= 11 is 0. The molecule has 0 bridgehead atoms. The Morgan fingerprint density at radius 1 is 1.00 bits per heavy atom. The molecule has 0 aliphatic carbocycles. The van der Waals surface area contributed by atoms with Gasteiger partial charge in [-0.15, -0.1) is 24.0 Å². The lowest BCUT2D eigenvalue weighted by atomic mass is 10.1. The molecule has 2 N–H and O–H groups in total. The van der Waals surface area contributed by atoms with Crippen LogP contribution in [0.3, 0.4) is 0 Å². The van der Waals surface area contributed by atoms with Gasteiger partial charge in [-0.25, -0.2) is 0 Å². The Bertz CT molecular complexity index is 889. The number of carbonyl (C=O) groups excluding carboxylic acids is 1. The van der Waals surface area contributed by atoms with Gasteiger partial charge in [-0.05, 0) is 55.7 Å². The molecule has 0 unspecified atom stereocenters. The van der Waals surface area contributed by atoms with Crippen LogP contribution in [-0.4, -0.2) is 56.5 Å². The number of anilines is 1. The van der Waals surface area contributed by atoms with Gasteiger partial charge in [0.05, 0.1) is 0 Å². The fourth-order valence-corrected chi connectivity index (χ4v) is 3.79. The van der Waals surface area contributed by atoms with Crippen molar-refractivity contribution in [2.24, 2.45) is 4.99 Å². The first-order valence-corrected chi connectivity index (χ1v) is 10.7. The first-order valence-electron chi connectivity index (χ1n) is 10.7. The zero-order valence-corrected chi connectivity index (χ0v) is 21.3. The highest BCUT2D eigenvalue weighted by Crippen LogP contribution is 2.23. The summed E-state index contributed by atoms with van der Waals surface area (Å²) in [4.78, 5) is 21.1. The quantitative estimate of drug-likeness (QED) is 0.349. The van der Waals surface area contributed by atoms with Crippen LogP contribution in [0.4, 0.5) is 5.69 Å². The molecule has 1 heterocycles. The van der Waals surface area contributed by atoms with Crippen LogP contribution in [0.25, 0.3) is 0 Å². The maximum atomic E-state index is 11.9. The maximum Gasteiger partial charge on any atom is 0.251 e. The summed E-state index contributed by atoms with van der Waals surface area (Å²) in [6.07, 6.45) is 0. The van der Waals surface area contributed by atoms with Gasteiger partial charge >= 0.3 is 0 Å². The lowest BCUT2D eigenvalue weighted by Crippen LogP contribution is -2.52. The van der Waals surface area contributed by atoms with Crippen molar-refractivity contribution in [3.8, 4) is 0 Å². The molecule has 1 aliphatic heterocycles. The number of benzene rings is 2. The van der Waals surface area contributed by atoms with Crippen LogP contribution in [0, 0.1) is 13.8 Å². The molecule has 31 heavy (non-hydrogen) atoms. The van der Waals surface area contributed by atoms with Gasteiger partial charge in [-0.3, -0.25) is 9.79 Å². The largest absolute Gasteiger partial charge is 0.368 e. The van der Waals surface area contributed by atoms with Crippen molar-refractivity contribution in [3.05, 3.63) is 64.7 Å². The minimum absolute atomic E-state index is 0. The van der Waals surface area contributed by atoms with Crippen LogP contribution in [0.5, 0.6) is 0 Å². The standard InChI is InChI=1S/C24H33N5O.HI/c1-5-26-23(30)21-11-9-20(10-12-21)17-27-24(25-4)29-15-13-28(14-16-29)22-8-6-7-18(2)19(22)3;/h6-12H,5,13-17H2,1-4H3,(H,25,27)(H,26,30);1H. The molecule has 2 aromatic carbocycles. The van der Waals surface area contributed by atoms with Gasteiger partial charge in [0, 0.05) is 57.6 Å². The Hall–Kier alpha value is -2.29. The average molecular weight is 535 g/mol. The molecule has 0 spiro atoms. The van der Waals surface area contributed by atoms with Crippen molar-refractivity contribution in [1.82, 2.24) is 15.5 Å². The molecular formula is C24H34IN5O. The highest BCUT2D eigenvalue weighted by Gasteiger charge is 2.21. The predicted molar refractivity (Wildman–Crippen MR) is 140 cm³/mol. The number of rotatable bonds is 5. The number of nitrogens with one attached hydrogen (secondary N) is 2. The third-order valence-electron chi connectivity index (χ3n) is 5.71. The summed E-state index contributed by atoms with van der Waals surface area (Å²) in [5.41, 5.74) is 5.85. The van der Waals surface area contributed by atoms with E-state index in [1.54, 1.807) is 0 Å². The summed E-state index contributed by atoms with van der Waals surface area (Å²) in [7, 11) is 1.83. The average Bonchev–Trinajstić information content (AvgIpc) is 2.77. The van der Waals surface area contributed by atoms with Gasteiger partial charge in [0.2, 0.25) is 0 Å². The summed E-state index contributed by atoms with van der Waals surface area (Å²) in [6, 6.07) is 14.2. The molecule has 0 radical (unpaired) electrons. The normalized spacial score (nSPS) is 14.1. The highest BCUT2D eigenvalue weighted by molar-refractivity contribution is 14.0. The Labute approximate surface area is 203 Å². The van der Waals surface area contributed by atoms with E-state index in [1.807, 2.05) is 38.2 Å². The van der Waals surface area contributed by atoms with Gasteiger partial charge < -0.3 is 20.4 Å². The van der Waals surface area contributed by atoms with Crippen molar-refractivity contribution in [2.75, 3.05) is 44.7 Å². The number of hydrogen-bond acceptors (Lipinski definition) is 3. The molecule has 0 aromatic heterocycles. The fourth-order valence-electron chi connectivity index (χ4n) is 3.79. The Morgan fingerprint density at radius 3 is 2.29 bits per heavy atom. The van der Waals surface area contributed by atoms with E-state index in [0.29, 0.717) is 18.7 Å². The van der Waals surface area contributed by atoms with Gasteiger partial charge in [0.15, 0.2) is 5.96 Å². The Kier molecular flexibility index (Phi) is 9.61. The van der Waals surface area contributed by atoms with Gasteiger partial charge in [0.25, 0.3) is 5.91 Å². The van der Waals surface area contributed by atoms with E-state index >= 15 is 0 Å². The number of aryl methyl sites for hydroxylation is 1. The minimum atomic E-state index is -0.0328. The second kappa shape index (κ2) is 11.9. The molecular weight excluding hydrogens is 501 g/mol. The number of hydrogen-bond donors (Lipinski definition) is 2. The Morgan fingerprint density at radius 2 is 1.68 bits per heavy atom. The first kappa shape index (κ1) is 25.0. The summed E-state index contributed by atoms with van der Waals surface area (Å²) in [6.45, 7) is 11.4. The molecule has 2 aromatic rings. The zero-order valence-electron chi connectivity index (χ0n) is 18.9. The Balaban J connectivity index is 0.00000341. The number of aliphatic imine (C=N–C) groups is 1. The van der Waals surface area contributed by atoms with Crippen molar-refractivity contribution >= 4 is 41.5 Å². The highest BCUT2D eigenvalue weighted by atomic mass is 127. The summed E-state index contributed by atoms with van der Waals surface area (Å²) < 4.78 is 0. The third kappa shape index (κ3) is 6.35. The lowest BCUT2D eigenvalue weighted by Gasteiger charge is -2.38. The molecule has 1 saturated heterocycles. The lowest BCUT2D eigenvalue weighted by molar-refractivity contribution is 0.0956. The van der Waals surface area contributed by atoms with Gasteiger partial charge in [0.1, 0.15) is 0 Å². The van der Waals surface area contributed by atoms with Gasteiger partial charge in [-0.2, -0.15) is 0 Å². The monoisotopic (exact) mass is 535 g/mol. The van der Waals surface area contributed by atoms with Crippen LogP contribution in [-0.2, 0) is 6.54 Å². The SMILES string of the molecule is CCNC(=O)c1ccc(CNC(=NC)N2CCN(c3cccc(C)c3C)CC2)cc1.I. The van der Waals surface area contributed by atoms with E-state index in [2.05, 4.69) is 57.5 Å². The minimum Gasteiger partial charge on any atom is -0.368 e. The zero-order chi connectivity index (χ0) is 21.5. The van der Waals surface area contributed by atoms with Crippen LogP contribution in [0.1, 0.15) is 34.0 Å². The number of carbonyl (C=O) groups is 1. The smallest absolute Gasteiger partial charge is 0.251 e. The van der Waals surface area contributed by atoms with E-state index in [1.165, 1.54) is 16.8 Å². The first-order chi connectivity index (χ1) is 14.5. The molecule has 1 aliphatic rings. The number of nitrogens with zero attached hydrogens (tertiary/aromatic N) is 3. The molecule has 3 rings (SSSR count). The van der Waals surface area contributed by atoms with Crippen molar-refractivity contribution in [2.45, 2.75) is 27.3 Å². The van der Waals surface area contributed by atoms with E-state index in [4.69, 9.17) is 0 Å². The van der Waals surface area contributed by atoms with E-state index in [9.17, 15) is 4.79 Å². The number of guanidine groups is 1. The predicted octanol–water partition coefficient (Wildman–Crippen LogP) is 3.57. The van der Waals surface area contributed by atoms with Crippen LogP contribution in [0.15, 0.2) is 47.5 Å². The number of halogens is 1. The van der Waals surface area contributed by atoms with Crippen LogP contribution < -0.4 is 15.5 Å². The van der Waals surface area contributed by atoms with Crippen molar-refractivity contribution in [3.63, 3.8) is 0 Å². The number of piperazine rings is 1. The molecule has 7 heteroatoms. The number of amides is 1. The van der Waals surface area contributed by atoms with Crippen molar-refractivity contribution < 1.29 is 4.79 Å². The maximum absolute atomic E-state index is 11.9. The van der Waals surface area contributed by atoms with E-state index in [0.717, 1.165) is 37.7 Å². The molecule has 0 atom stereocenters. The van der Waals surface area contributed by atoms with Crippen LogP contribution in [0.2, 0.25) is 0 Å². The second-order valence-electron chi connectivity index (χ2n) is 7.65. The molecule has 0 saturated carbocycles.